The monoisotopic (exact) mass is 283 g/mol. The third kappa shape index (κ3) is 2.28. The summed E-state index contributed by atoms with van der Waals surface area (Å²) in [5, 5.41) is 8.56. The fourth-order valence-corrected chi connectivity index (χ4v) is 1.41. The number of pyridine rings is 1. The van der Waals surface area contributed by atoms with E-state index < -0.39 is 29.3 Å². The quantitative estimate of drug-likeness (QED) is 0.868. The fraction of sp³-hybridized carbons (Fsp3) is 0.250. The highest BCUT2D eigenvalue weighted by molar-refractivity contribution is 9.08. The molecule has 0 atom stereocenters. The molecule has 1 aromatic rings. The van der Waals surface area contributed by atoms with Gasteiger partial charge in [0.25, 0.3) is 6.43 Å². The zero-order chi connectivity index (χ0) is 11.6. The van der Waals surface area contributed by atoms with E-state index in [1.165, 1.54) is 0 Å². The summed E-state index contributed by atoms with van der Waals surface area (Å²) in [5.74, 6) is -2.95. The van der Waals surface area contributed by atoms with E-state index in [9.17, 15) is 18.0 Å². The van der Waals surface area contributed by atoms with Crippen LogP contribution in [0, 0.1) is 5.82 Å². The van der Waals surface area contributed by atoms with Gasteiger partial charge in [0.2, 0.25) is 0 Å². The van der Waals surface area contributed by atoms with Crippen LogP contribution in [0.25, 0.3) is 0 Å². The first-order valence-electron chi connectivity index (χ1n) is 3.73. The average Bonchev–Trinajstić information content (AvgIpc) is 2.16. The lowest BCUT2D eigenvalue weighted by Gasteiger charge is -2.07. The van der Waals surface area contributed by atoms with Crippen LogP contribution < -0.4 is 0 Å². The van der Waals surface area contributed by atoms with E-state index in [0.717, 1.165) is 0 Å². The van der Waals surface area contributed by atoms with Crippen LogP contribution in [0.2, 0.25) is 0 Å². The number of nitrogens with zero attached hydrogens (tertiary/aromatic N) is 1. The summed E-state index contributed by atoms with van der Waals surface area (Å²) >= 11 is 2.87. The van der Waals surface area contributed by atoms with E-state index in [0.29, 0.717) is 6.20 Å². The Morgan fingerprint density at radius 3 is 2.60 bits per heavy atom. The molecule has 3 nitrogen and oxygen atoms in total. The number of carbonyl (C=O) groups is 1. The van der Waals surface area contributed by atoms with Crippen LogP contribution in [-0.2, 0) is 5.33 Å². The van der Waals surface area contributed by atoms with Gasteiger partial charge in [0.05, 0.1) is 11.3 Å². The zero-order valence-corrected chi connectivity index (χ0v) is 8.76. The van der Waals surface area contributed by atoms with Gasteiger partial charge in [0.1, 0.15) is 5.56 Å². The number of carboxylic acid groups (broad SMARTS) is 1. The number of alkyl halides is 3. The zero-order valence-electron chi connectivity index (χ0n) is 7.18. The van der Waals surface area contributed by atoms with Gasteiger partial charge in [-0.25, -0.2) is 18.0 Å². The maximum absolute atomic E-state index is 13.3. The first kappa shape index (κ1) is 12.0. The molecule has 0 amide bonds. The molecule has 15 heavy (non-hydrogen) atoms. The number of halogens is 4. The van der Waals surface area contributed by atoms with Crippen LogP contribution in [-0.4, -0.2) is 16.1 Å². The predicted octanol–water partition coefficient (Wildman–Crippen LogP) is 2.75. The molecule has 0 aliphatic rings. The van der Waals surface area contributed by atoms with E-state index in [1.807, 2.05) is 0 Å². The molecule has 7 heteroatoms. The third-order valence-corrected chi connectivity index (χ3v) is 2.23. The Bertz CT molecular complexity index is 398. The summed E-state index contributed by atoms with van der Waals surface area (Å²) < 4.78 is 38.0. The first-order valence-corrected chi connectivity index (χ1v) is 4.85. The highest BCUT2D eigenvalue weighted by atomic mass is 79.9. The lowest BCUT2D eigenvalue weighted by Crippen LogP contribution is -2.10. The molecule has 1 rings (SSSR count). The number of carboxylic acids is 1. The van der Waals surface area contributed by atoms with E-state index in [4.69, 9.17) is 5.11 Å². The van der Waals surface area contributed by atoms with Crippen molar-refractivity contribution in [2.45, 2.75) is 11.8 Å². The maximum atomic E-state index is 13.3. The van der Waals surface area contributed by atoms with Crippen molar-refractivity contribution in [1.29, 1.82) is 0 Å². The standard InChI is InChI=1S/C8H5BrF3NO2/c9-1-4-6(10)5(8(14)15)3(2-13-4)7(11)12/h2,7H,1H2,(H,14,15). The van der Waals surface area contributed by atoms with Gasteiger partial charge >= 0.3 is 5.97 Å². The SMILES string of the molecule is O=C(O)c1c(C(F)F)cnc(CBr)c1F. The van der Waals surface area contributed by atoms with Crippen molar-refractivity contribution in [3.05, 3.63) is 28.8 Å². The maximum Gasteiger partial charge on any atom is 0.339 e. The van der Waals surface area contributed by atoms with E-state index in [1.54, 1.807) is 0 Å². The highest BCUT2D eigenvalue weighted by Gasteiger charge is 2.24. The van der Waals surface area contributed by atoms with Crippen molar-refractivity contribution in [3.63, 3.8) is 0 Å². The number of aromatic nitrogens is 1. The van der Waals surface area contributed by atoms with Gasteiger partial charge in [0.15, 0.2) is 5.82 Å². The Morgan fingerprint density at radius 1 is 1.60 bits per heavy atom. The second-order valence-corrected chi connectivity index (χ2v) is 3.15. The van der Waals surface area contributed by atoms with Crippen molar-refractivity contribution in [2.75, 3.05) is 0 Å². The molecule has 82 valence electrons. The Hall–Kier alpha value is -1.11. The Balaban J connectivity index is 3.44. The first-order chi connectivity index (χ1) is 6.99. The molecule has 0 bridgehead atoms. The van der Waals surface area contributed by atoms with E-state index in [-0.39, 0.29) is 11.0 Å². The van der Waals surface area contributed by atoms with Gasteiger partial charge in [-0.1, -0.05) is 15.9 Å². The molecule has 0 aliphatic heterocycles. The van der Waals surface area contributed by atoms with Gasteiger partial charge in [-0.15, -0.1) is 0 Å². The summed E-state index contributed by atoms with van der Waals surface area (Å²) in [6.45, 7) is 0. The van der Waals surface area contributed by atoms with Crippen molar-refractivity contribution in [3.8, 4) is 0 Å². The minimum atomic E-state index is -3.07. The Morgan fingerprint density at radius 2 is 2.20 bits per heavy atom. The molecule has 0 aromatic carbocycles. The van der Waals surface area contributed by atoms with Crippen LogP contribution in [0.4, 0.5) is 13.2 Å². The lowest BCUT2D eigenvalue weighted by molar-refractivity contribution is 0.0677. The molecule has 1 aromatic heterocycles. The smallest absolute Gasteiger partial charge is 0.339 e. The number of rotatable bonds is 3. The Labute approximate surface area is 91.1 Å². The van der Waals surface area contributed by atoms with Gasteiger partial charge in [-0.2, -0.15) is 0 Å². The minimum absolute atomic E-state index is 0.0391. The van der Waals surface area contributed by atoms with Crippen LogP contribution in [0.1, 0.15) is 28.0 Å². The summed E-state index contributed by atoms with van der Waals surface area (Å²) in [7, 11) is 0. The molecule has 0 fully saturated rings. The second kappa shape index (κ2) is 4.61. The number of hydrogen-bond donors (Lipinski definition) is 1. The normalized spacial score (nSPS) is 10.7. The fourth-order valence-electron chi connectivity index (χ4n) is 1.02. The van der Waals surface area contributed by atoms with Crippen LogP contribution >= 0.6 is 15.9 Å². The van der Waals surface area contributed by atoms with Crippen molar-refractivity contribution in [1.82, 2.24) is 4.98 Å². The van der Waals surface area contributed by atoms with Crippen molar-refractivity contribution in [2.24, 2.45) is 0 Å². The minimum Gasteiger partial charge on any atom is -0.478 e. The van der Waals surface area contributed by atoms with Gasteiger partial charge < -0.3 is 5.11 Å². The number of aromatic carboxylic acids is 1. The molecule has 0 radical (unpaired) electrons. The molecular weight excluding hydrogens is 279 g/mol. The van der Waals surface area contributed by atoms with Crippen LogP contribution in [0.15, 0.2) is 6.20 Å². The largest absolute Gasteiger partial charge is 0.478 e. The molecule has 0 saturated carbocycles. The van der Waals surface area contributed by atoms with Crippen molar-refractivity contribution < 1.29 is 23.1 Å². The summed E-state index contributed by atoms with van der Waals surface area (Å²) in [5.41, 5.74) is -2.14. The molecular formula is C8H5BrF3NO2. The summed E-state index contributed by atoms with van der Waals surface area (Å²) in [4.78, 5) is 14.0. The molecule has 0 spiro atoms. The lowest BCUT2D eigenvalue weighted by atomic mass is 10.1. The van der Waals surface area contributed by atoms with E-state index >= 15 is 0 Å². The topological polar surface area (TPSA) is 50.2 Å². The molecule has 0 aliphatic carbocycles. The molecule has 0 saturated heterocycles. The summed E-state index contributed by atoms with van der Waals surface area (Å²) in [6.07, 6.45) is -2.39. The summed E-state index contributed by atoms with van der Waals surface area (Å²) in [6, 6.07) is 0. The van der Waals surface area contributed by atoms with Gasteiger partial charge in [0, 0.05) is 11.5 Å². The molecule has 1 N–H and O–H groups in total. The van der Waals surface area contributed by atoms with Crippen molar-refractivity contribution >= 4 is 21.9 Å². The highest BCUT2D eigenvalue weighted by Crippen LogP contribution is 2.26. The van der Waals surface area contributed by atoms with Gasteiger partial charge in [-0.3, -0.25) is 4.98 Å². The van der Waals surface area contributed by atoms with Gasteiger partial charge in [-0.05, 0) is 0 Å². The second-order valence-electron chi connectivity index (χ2n) is 2.59. The Kier molecular flexibility index (Phi) is 3.67. The predicted molar refractivity (Wildman–Crippen MR) is 48.7 cm³/mol. The number of hydrogen-bond acceptors (Lipinski definition) is 2. The van der Waals surface area contributed by atoms with Crippen LogP contribution in [0.3, 0.4) is 0 Å². The molecule has 1 heterocycles. The van der Waals surface area contributed by atoms with Crippen LogP contribution in [0.5, 0.6) is 0 Å². The third-order valence-electron chi connectivity index (χ3n) is 1.70. The molecule has 0 unspecified atom stereocenters. The van der Waals surface area contributed by atoms with E-state index in [2.05, 4.69) is 20.9 Å². The average molecular weight is 284 g/mol.